The summed E-state index contributed by atoms with van der Waals surface area (Å²) in [5.41, 5.74) is 4.21. The molecule has 2 aliphatic heterocycles. The number of pyridine rings is 1. The van der Waals surface area contributed by atoms with Crippen molar-refractivity contribution in [3.8, 4) is 5.75 Å². The summed E-state index contributed by atoms with van der Waals surface area (Å²) in [6.07, 6.45) is 9.58. The number of rotatable bonds is 5. The molecule has 2 aromatic rings. The van der Waals surface area contributed by atoms with Crippen molar-refractivity contribution in [2.45, 2.75) is 76.8 Å². The highest BCUT2D eigenvalue weighted by Crippen LogP contribution is 2.37. The summed E-state index contributed by atoms with van der Waals surface area (Å²) >= 11 is 0. The Bertz CT molecular complexity index is 997. The van der Waals surface area contributed by atoms with E-state index in [1.807, 2.05) is 19.1 Å². The Morgan fingerprint density at radius 1 is 1.00 bits per heavy atom. The standard InChI is InChI=1S/C29H39N3O2/c1-21-12-13-26(29(33)32-16-6-9-23-8-3-4-11-27(23)32)28(30-21)24-14-17-31(18-15-24)20-22-7-5-10-25(19-22)34-2/h5,7,10,12-13,19,23-24,27H,3-4,6,8-9,11,14-18,20H2,1-2H3/t23-,27-/m1/s1. The lowest BCUT2D eigenvalue weighted by molar-refractivity contribution is 0.0388. The summed E-state index contributed by atoms with van der Waals surface area (Å²) < 4.78 is 5.39. The van der Waals surface area contributed by atoms with Crippen LogP contribution in [0.25, 0.3) is 0 Å². The van der Waals surface area contributed by atoms with E-state index in [0.29, 0.717) is 17.9 Å². The van der Waals surface area contributed by atoms with Crippen molar-refractivity contribution < 1.29 is 9.53 Å². The fourth-order valence-electron chi connectivity index (χ4n) is 6.49. The summed E-state index contributed by atoms with van der Waals surface area (Å²) in [5.74, 6) is 2.20. The highest BCUT2D eigenvalue weighted by molar-refractivity contribution is 5.95. The predicted octanol–water partition coefficient (Wildman–Crippen LogP) is 5.57. The maximum absolute atomic E-state index is 13.9. The number of ether oxygens (including phenoxy) is 1. The van der Waals surface area contributed by atoms with Gasteiger partial charge in [-0.3, -0.25) is 14.7 Å². The topological polar surface area (TPSA) is 45.7 Å². The van der Waals surface area contributed by atoms with Crippen LogP contribution in [0, 0.1) is 12.8 Å². The largest absolute Gasteiger partial charge is 0.497 e. The molecule has 0 spiro atoms. The second-order valence-corrected chi connectivity index (χ2v) is 10.5. The van der Waals surface area contributed by atoms with Gasteiger partial charge in [-0.25, -0.2) is 0 Å². The molecule has 3 aliphatic rings. The number of aryl methyl sites for hydroxylation is 1. The summed E-state index contributed by atoms with van der Waals surface area (Å²) in [7, 11) is 1.72. The third-order valence-corrected chi connectivity index (χ3v) is 8.31. The highest BCUT2D eigenvalue weighted by atomic mass is 16.5. The van der Waals surface area contributed by atoms with E-state index >= 15 is 0 Å². The molecule has 0 bridgehead atoms. The van der Waals surface area contributed by atoms with E-state index in [1.165, 1.54) is 37.7 Å². The number of hydrogen-bond donors (Lipinski definition) is 0. The van der Waals surface area contributed by atoms with Crippen molar-refractivity contribution in [3.05, 3.63) is 58.9 Å². The lowest BCUT2D eigenvalue weighted by Gasteiger charge is -2.44. The number of aromatic nitrogens is 1. The van der Waals surface area contributed by atoms with Crippen LogP contribution in [0.4, 0.5) is 0 Å². The zero-order chi connectivity index (χ0) is 23.5. The van der Waals surface area contributed by atoms with Crippen molar-refractivity contribution in [2.75, 3.05) is 26.7 Å². The number of fused-ring (bicyclic) bond motifs is 1. The number of hydrogen-bond acceptors (Lipinski definition) is 4. The van der Waals surface area contributed by atoms with Gasteiger partial charge < -0.3 is 9.64 Å². The van der Waals surface area contributed by atoms with Gasteiger partial charge in [-0.05, 0) is 94.3 Å². The third kappa shape index (κ3) is 5.00. The quantitative estimate of drug-likeness (QED) is 0.584. The highest BCUT2D eigenvalue weighted by Gasteiger charge is 2.37. The first-order valence-electron chi connectivity index (χ1n) is 13.3. The molecule has 5 nitrogen and oxygen atoms in total. The minimum Gasteiger partial charge on any atom is -0.497 e. The first-order chi connectivity index (χ1) is 16.6. The van der Waals surface area contributed by atoms with Gasteiger partial charge in [0.05, 0.1) is 18.4 Å². The van der Waals surface area contributed by atoms with Gasteiger partial charge in [0, 0.05) is 30.7 Å². The second-order valence-electron chi connectivity index (χ2n) is 10.5. The minimum absolute atomic E-state index is 0.234. The van der Waals surface area contributed by atoms with Crippen LogP contribution in [-0.2, 0) is 6.54 Å². The van der Waals surface area contributed by atoms with Crippen LogP contribution in [-0.4, -0.2) is 53.5 Å². The van der Waals surface area contributed by atoms with E-state index < -0.39 is 0 Å². The number of nitrogens with zero attached hydrogens (tertiary/aromatic N) is 3. The van der Waals surface area contributed by atoms with Crippen LogP contribution < -0.4 is 4.74 Å². The fraction of sp³-hybridized carbons (Fsp3) is 0.586. The zero-order valence-electron chi connectivity index (χ0n) is 20.8. The Kier molecular flexibility index (Phi) is 7.19. The smallest absolute Gasteiger partial charge is 0.255 e. The molecule has 34 heavy (non-hydrogen) atoms. The van der Waals surface area contributed by atoms with Crippen molar-refractivity contribution in [1.29, 1.82) is 0 Å². The lowest BCUT2D eigenvalue weighted by Crippen LogP contribution is -2.50. The van der Waals surface area contributed by atoms with Crippen LogP contribution in [0.15, 0.2) is 36.4 Å². The van der Waals surface area contributed by atoms with E-state index in [-0.39, 0.29) is 5.91 Å². The second kappa shape index (κ2) is 10.5. The van der Waals surface area contributed by atoms with E-state index in [2.05, 4.69) is 34.1 Å². The molecule has 1 aromatic heterocycles. The first-order valence-corrected chi connectivity index (χ1v) is 13.3. The zero-order valence-corrected chi connectivity index (χ0v) is 20.8. The molecule has 0 N–H and O–H groups in total. The van der Waals surface area contributed by atoms with Gasteiger partial charge in [-0.2, -0.15) is 0 Å². The molecule has 0 radical (unpaired) electrons. The summed E-state index contributed by atoms with van der Waals surface area (Å²) in [4.78, 5) is 23.6. The molecule has 5 rings (SSSR count). The molecule has 2 atom stereocenters. The number of piperidine rings is 2. The maximum atomic E-state index is 13.9. The van der Waals surface area contributed by atoms with Gasteiger partial charge >= 0.3 is 0 Å². The molecule has 3 heterocycles. The Balaban J connectivity index is 1.29. The molecule has 1 aromatic carbocycles. The monoisotopic (exact) mass is 461 g/mol. The molecule has 1 amide bonds. The van der Waals surface area contributed by atoms with Crippen LogP contribution in [0.2, 0.25) is 0 Å². The van der Waals surface area contributed by atoms with Gasteiger partial charge in [-0.1, -0.05) is 25.0 Å². The maximum Gasteiger partial charge on any atom is 0.255 e. The number of benzene rings is 1. The minimum atomic E-state index is 0.234. The predicted molar refractivity (Wildman–Crippen MR) is 135 cm³/mol. The molecule has 182 valence electrons. The van der Waals surface area contributed by atoms with Crippen molar-refractivity contribution in [3.63, 3.8) is 0 Å². The molecule has 2 saturated heterocycles. The molecule has 5 heteroatoms. The Labute approximate surface area is 204 Å². The summed E-state index contributed by atoms with van der Waals surface area (Å²) in [5, 5.41) is 0. The first kappa shape index (κ1) is 23.3. The Morgan fingerprint density at radius 2 is 1.79 bits per heavy atom. The number of methoxy groups -OCH3 is 1. The number of carbonyl (C=O) groups is 1. The molecule has 1 aliphatic carbocycles. The molecular formula is C29H39N3O2. The summed E-state index contributed by atoms with van der Waals surface area (Å²) in [6, 6.07) is 12.9. The molecular weight excluding hydrogens is 422 g/mol. The van der Waals surface area contributed by atoms with E-state index in [0.717, 1.165) is 68.1 Å². The Hall–Kier alpha value is -2.40. The molecule has 0 unspecified atom stereocenters. The van der Waals surface area contributed by atoms with Gasteiger partial charge in [0.15, 0.2) is 0 Å². The van der Waals surface area contributed by atoms with Crippen LogP contribution in [0.5, 0.6) is 5.75 Å². The average molecular weight is 462 g/mol. The SMILES string of the molecule is COc1cccc(CN2CCC(c3nc(C)ccc3C(=O)N3CCC[C@H]4CCCC[C@H]43)CC2)c1. The van der Waals surface area contributed by atoms with Gasteiger partial charge in [0.2, 0.25) is 0 Å². The fourth-order valence-corrected chi connectivity index (χ4v) is 6.49. The van der Waals surface area contributed by atoms with Crippen LogP contribution >= 0.6 is 0 Å². The average Bonchev–Trinajstić information content (AvgIpc) is 2.88. The van der Waals surface area contributed by atoms with Crippen LogP contribution in [0.3, 0.4) is 0 Å². The van der Waals surface area contributed by atoms with Crippen molar-refractivity contribution in [2.24, 2.45) is 5.92 Å². The number of likely N-dealkylation sites (tertiary alicyclic amines) is 2. The number of carbonyl (C=O) groups excluding carboxylic acids is 1. The molecule has 3 fully saturated rings. The normalized spacial score (nSPS) is 24.0. The van der Waals surface area contributed by atoms with Gasteiger partial charge in [0.25, 0.3) is 5.91 Å². The summed E-state index contributed by atoms with van der Waals surface area (Å²) in [6.45, 7) is 5.95. The van der Waals surface area contributed by atoms with E-state index in [9.17, 15) is 4.79 Å². The van der Waals surface area contributed by atoms with Crippen molar-refractivity contribution in [1.82, 2.24) is 14.8 Å². The van der Waals surface area contributed by atoms with E-state index in [1.54, 1.807) is 7.11 Å². The van der Waals surface area contributed by atoms with Crippen LogP contribution in [0.1, 0.15) is 84.6 Å². The van der Waals surface area contributed by atoms with Crippen molar-refractivity contribution >= 4 is 5.91 Å². The third-order valence-electron chi connectivity index (χ3n) is 8.31. The van der Waals surface area contributed by atoms with E-state index in [4.69, 9.17) is 9.72 Å². The Morgan fingerprint density at radius 3 is 2.62 bits per heavy atom. The molecule has 1 saturated carbocycles. The van der Waals surface area contributed by atoms with Gasteiger partial charge in [0.1, 0.15) is 5.75 Å². The number of amides is 1. The lowest BCUT2D eigenvalue weighted by atomic mass is 9.78. The van der Waals surface area contributed by atoms with Gasteiger partial charge in [-0.15, -0.1) is 0 Å².